The van der Waals surface area contributed by atoms with E-state index >= 15 is 0 Å². The number of benzene rings is 2. The first kappa shape index (κ1) is 17.4. The van der Waals surface area contributed by atoms with E-state index in [9.17, 15) is 4.79 Å². The largest absolute Gasteiger partial charge is 0.481 e. The number of thiazole rings is 1. The maximum Gasteiger partial charge on any atom is 0.266 e. The van der Waals surface area contributed by atoms with Crippen LogP contribution in [0.3, 0.4) is 0 Å². The van der Waals surface area contributed by atoms with Gasteiger partial charge in [0.1, 0.15) is 5.75 Å². The molecule has 0 fully saturated rings. The minimum absolute atomic E-state index is 0.232. The molecule has 2 heterocycles. The highest BCUT2D eigenvalue weighted by Crippen LogP contribution is 2.36. The van der Waals surface area contributed by atoms with Crippen LogP contribution in [0.5, 0.6) is 17.2 Å². The molecule has 1 aliphatic heterocycles. The summed E-state index contributed by atoms with van der Waals surface area (Å²) in [5, 5.41) is 5.22. The number of nitrogens with zero attached hydrogens (tertiary/aromatic N) is 1. The second-order valence-electron chi connectivity index (χ2n) is 6.17. The van der Waals surface area contributed by atoms with Gasteiger partial charge >= 0.3 is 0 Å². The van der Waals surface area contributed by atoms with Crippen molar-refractivity contribution in [2.45, 2.75) is 20.0 Å². The van der Waals surface area contributed by atoms with Gasteiger partial charge in [0.2, 0.25) is 6.79 Å². The van der Waals surface area contributed by atoms with Gasteiger partial charge in [0.25, 0.3) is 5.91 Å². The van der Waals surface area contributed by atoms with Crippen molar-refractivity contribution in [1.29, 1.82) is 0 Å². The predicted molar refractivity (Wildman–Crippen MR) is 104 cm³/mol. The standard InChI is InChI=1S/C20H18N2O4S/c1-12-4-3-5-15(8-12)26-13(2)19(23)22-20-21-16(10-27-20)14-6-7-17-18(9-14)25-11-24-17/h3-10,13H,11H2,1-2H3,(H,21,22,23)/t13-/m1/s1. The lowest BCUT2D eigenvalue weighted by Crippen LogP contribution is -2.30. The van der Waals surface area contributed by atoms with Gasteiger partial charge in [0.05, 0.1) is 5.69 Å². The minimum Gasteiger partial charge on any atom is -0.481 e. The highest BCUT2D eigenvalue weighted by atomic mass is 32.1. The number of ether oxygens (including phenoxy) is 3. The number of aromatic nitrogens is 1. The van der Waals surface area contributed by atoms with E-state index in [1.165, 1.54) is 11.3 Å². The van der Waals surface area contributed by atoms with Crippen LogP contribution >= 0.6 is 11.3 Å². The normalized spacial score (nSPS) is 13.3. The Balaban J connectivity index is 1.42. The van der Waals surface area contributed by atoms with Crippen molar-refractivity contribution in [2.24, 2.45) is 0 Å². The van der Waals surface area contributed by atoms with E-state index in [4.69, 9.17) is 14.2 Å². The zero-order chi connectivity index (χ0) is 18.8. The zero-order valence-corrected chi connectivity index (χ0v) is 15.7. The maximum atomic E-state index is 12.4. The third-order valence-electron chi connectivity index (χ3n) is 4.07. The summed E-state index contributed by atoms with van der Waals surface area (Å²) >= 11 is 1.36. The molecule has 0 unspecified atom stereocenters. The second-order valence-corrected chi connectivity index (χ2v) is 7.03. The van der Waals surface area contributed by atoms with Crippen molar-refractivity contribution in [3.05, 3.63) is 53.4 Å². The fourth-order valence-electron chi connectivity index (χ4n) is 2.67. The molecule has 0 bridgehead atoms. The van der Waals surface area contributed by atoms with E-state index in [0.29, 0.717) is 16.6 Å². The summed E-state index contributed by atoms with van der Waals surface area (Å²) < 4.78 is 16.4. The van der Waals surface area contributed by atoms with Crippen LogP contribution in [-0.2, 0) is 4.79 Å². The number of amides is 1. The fraction of sp³-hybridized carbons (Fsp3) is 0.200. The van der Waals surface area contributed by atoms with Gasteiger partial charge < -0.3 is 14.2 Å². The van der Waals surface area contributed by atoms with Crippen LogP contribution in [0, 0.1) is 6.92 Å². The van der Waals surface area contributed by atoms with Gasteiger partial charge in [-0.3, -0.25) is 10.1 Å². The lowest BCUT2D eigenvalue weighted by molar-refractivity contribution is -0.122. The van der Waals surface area contributed by atoms with Gasteiger partial charge in [-0.05, 0) is 49.7 Å². The van der Waals surface area contributed by atoms with E-state index in [0.717, 1.165) is 22.6 Å². The molecule has 4 rings (SSSR count). The van der Waals surface area contributed by atoms with E-state index in [2.05, 4.69) is 10.3 Å². The molecule has 6 nitrogen and oxygen atoms in total. The molecule has 1 atom stereocenters. The number of fused-ring (bicyclic) bond motifs is 1. The summed E-state index contributed by atoms with van der Waals surface area (Å²) in [4.78, 5) is 16.9. The molecule has 0 saturated carbocycles. The molecule has 1 aromatic heterocycles. The smallest absolute Gasteiger partial charge is 0.266 e. The highest BCUT2D eigenvalue weighted by molar-refractivity contribution is 7.14. The number of nitrogens with one attached hydrogen (secondary N) is 1. The topological polar surface area (TPSA) is 69.7 Å². The summed E-state index contributed by atoms with van der Waals surface area (Å²) in [5.41, 5.74) is 2.74. The van der Waals surface area contributed by atoms with Crippen LogP contribution in [0.1, 0.15) is 12.5 Å². The Hall–Kier alpha value is -3.06. The maximum absolute atomic E-state index is 12.4. The molecule has 1 N–H and O–H groups in total. The molecule has 27 heavy (non-hydrogen) atoms. The first-order chi connectivity index (χ1) is 13.1. The number of rotatable bonds is 5. The molecule has 1 aliphatic rings. The molecule has 2 aromatic carbocycles. The van der Waals surface area contributed by atoms with Gasteiger partial charge in [0.15, 0.2) is 22.7 Å². The monoisotopic (exact) mass is 382 g/mol. The summed E-state index contributed by atoms with van der Waals surface area (Å²) in [6.07, 6.45) is -0.635. The van der Waals surface area contributed by atoms with Gasteiger partial charge in [-0.25, -0.2) is 4.98 Å². The molecule has 138 valence electrons. The minimum atomic E-state index is -0.635. The average molecular weight is 382 g/mol. The number of anilines is 1. The average Bonchev–Trinajstić information content (AvgIpc) is 3.30. The van der Waals surface area contributed by atoms with Crippen molar-refractivity contribution >= 4 is 22.4 Å². The molecule has 0 radical (unpaired) electrons. The summed E-state index contributed by atoms with van der Waals surface area (Å²) in [6, 6.07) is 13.2. The molecule has 0 saturated heterocycles. The van der Waals surface area contributed by atoms with Crippen LogP contribution in [-0.4, -0.2) is 23.8 Å². The first-order valence-corrected chi connectivity index (χ1v) is 9.36. The fourth-order valence-corrected chi connectivity index (χ4v) is 3.40. The van der Waals surface area contributed by atoms with Crippen molar-refractivity contribution in [1.82, 2.24) is 4.98 Å². The zero-order valence-electron chi connectivity index (χ0n) is 14.9. The molecular weight excluding hydrogens is 364 g/mol. The van der Waals surface area contributed by atoms with E-state index in [1.807, 2.05) is 54.8 Å². The van der Waals surface area contributed by atoms with Crippen LogP contribution < -0.4 is 19.5 Å². The van der Waals surface area contributed by atoms with Crippen molar-refractivity contribution in [3.63, 3.8) is 0 Å². The van der Waals surface area contributed by atoms with Gasteiger partial charge in [-0.1, -0.05) is 12.1 Å². The molecule has 3 aromatic rings. The van der Waals surface area contributed by atoms with E-state index in [1.54, 1.807) is 6.92 Å². The Morgan fingerprint density at radius 2 is 2.07 bits per heavy atom. The quantitative estimate of drug-likeness (QED) is 0.714. The second kappa shape index (κ2) is 7.28. The predicted octanol–water partition coefficient (Wildman–Crippen LogP) is 4.25. The Bertz CT molecular complexity index is 986. The van der Waals surface area contributed by atoms with Crippen molar-refractivity contribution < 1.29 is 19.0 Å². The van der Waals surface area contributed by atoms with Crippen LogP contribution in [0.15, 0.2) is 47.8 Å². The SMILES string of the molecule is Cc1cccc(O[C@H](C)C(=O)Nc2nc(-c3ccc4c(c3)OCO4)cs2)c1. The summed E-state index contributed by atoms with van der Waals surface area (Å²) in [5.74, 6) is 1.84. The number of carbonyl (C=O) groups is 1. The third-order valence-corrected chi connectivity index (χ3v) is 4.83. The molecule has 1 amide bonds. The molecule has 7 heteroatoms. The molecule has 0 spiro atoms. The number of hydrogen-bond donors (Lipinski definition) is 1. The van der Waals surface area contributed by atoms with Crippen molar-refractivity contribution in [2.75, 3.05) is 12.1 Å². The van der Waals surface area contributed by atoms with Gasteiger partial charge in [-0.15, -0.1) is 11.3 Å². The van der Waals surface area contributed by atoms with Crippen molar-refractivity contribution in [3.8, 4) is 28.5 Å². The van der Waals surface area contributed by atoms with E-state index < -0.39 is 6.10 Å². The molecule has 0 aliphatic carbocycles. The molecular formula is C20H18N2O4S. The van der Waals surface area contributed by atoms with E-state index in [-0.39, 0.29) is 12.7 Å². The number of carbonyl (C=O) groups excluding carboxylic acids is 1. The van der Waals surface area contributed by atoms with Gasteiger partial charge in [-0.2, -0.15) is 0 Å². The Labute approximate surface area is 160 Å². The van der Waals surface area contributed by atoms with Crippen LogP contribution in [0.25, 0.3) is 11.3 Å². The van der Waals surface area contributed by atoms with Gasteiger partial charge in [0, 0.05) is 10.9 Å². The highest BCUT2D eigenvalue weighted by Gasteiger charge is 2.18. The van der Waals surface area contributed by atoms with Crippen LogP contribution in [0.2, 0.25) is 0 Å². The Morgan fingerprint density at radius 1 is 1.22 bits per heavy atom. The third kappa shape index (κ3) is 3.88. The Kier molecular flexibility index (Phi) is 4.68. The number of hydrogen-bond acceptors (Lipinski definition) is 6. The first-order valence-electron chi connectivity index (χ1n) is 8.48. The summed E-state index contributed by atoms with van der Waals surface area (Å²) in [7, 11) is 0. The summed E-state index contributed by atoms with van der Waals surface area (Å²) in [6.45, 7) is 3.92. The Morgan fingerprint density at radius 3 is 2.93 bits per heavy atom. The lowest BCUT2D eigenvalue weighted by atomic mass is 10.1. The lowest BCUT2D eigenvalue weighted by Gasteiger charge is -2.14. The van der Waals surface area contributed by atoms with Crippen LogP contribution in [0.4, 0.5) is 5.13 Å². The number of aryl methyl sites for hydroxylation is 1.